The largest absolute Gasteiger partial charge is 0.413 e. The summed E-state index contributed by atoms with van der Waals surface area (Å²) in [6.07, 6.45) is -2.27. The molecule has 2 rings (SSSR count). The first-order chi connectivity index (χ1) is 17.4. The SMILES string of the molecule is CC(C)[Si](OC[C@H]1O[C@@H](n2ccc(=O)[nH]c2=O)[C@@](F)(Cl)[C@@H]1O[Si](C(C)C)(C(C)C)C(C)C)(C(C)C)C(C)C. The van der Waals surface area contributed by atoms with Crippen LogP contribution in [0.4, 0.5) is 4.39 Å². The molecule has 2 heterocycles. The Kier molecular flexibility index (Phi) is 10.9. The van der Waals surface area contributed by atoms with Crippen molar-refractivity contribution in [3.05, 3.63) is 33.1 Å². The molecule has 0 aliphatic carbocycles. The quantitative estimate of drug-likeness (QED) is 0.207. The Bertz CT molecular complexity index is 997. The molecule has 11 heteroatoms. The van der Waals surface area contributed by atoms with E-state index >= 15 is 4.39 Å². The molecule has 38 heavy (non-hydrogen) atoms. The summed E-state index contributed by atoms with van der Waals surface area (Å²) in [5, 5.41) is -2.56. The van der Waals surface area contributed by atoms with Crippen LogP contribution in [-0.2, 0) is 13.6 Å². The van der Waals surface area contributed by atoms with Gasteiger partial charge in [0.25, 0.3) is 10.7 Å². The minimum atomic E-state index is -2.61. The number of aromatic nitrogens is 2. The minimum absolute atomic E-state index is 0.108. The maximum absolute atomic E-state index is 16.8. The van der Waals surface area contributed by atoms with Crippen LogP contribution in [0.3, 0.4) is 0 Å². The Morgan fingerprint density at radius 1 is 0.921 bits per heavy atom. The Hall–Kier alpha value is -0.786. The van der Waals surface area contributed by atoms with Crippen LogP contribution in [0, 0.1) is 0 Å². The number of nitrogens with one attached hydrogen (secondary N) is 1. The molecule has 0 spiro atoms. The van der Waals surface area contributed by atoms with Gasteiger partial charge < -0.3 is 13.6 Å². The van der Waals surface area contributed by atoms with E-state index < -0.39 is 51.4 Å². The highest BCUT2D eigenvalue weighted by atomic mass is 35.5. The van der Waals surface area contributed by atoms with Gasteiger partial charge in [-0.3, -0.25) is 14.3 Å². The second kappa shape index (κ2) is 12.4. The van der Waals surface area contributed by atoms with Crippen LogP contribution in [0.2, 0.25) is 33.2 Å². The summed E-state index contributed by atoms with van der Waals surface area (Å²) in [7, 11) is -4.93. The molecule has 1 fully saturated rings. The lowest BCUT2D eigenvalue weighted by atomic mass is 10.1. The van der Waals surface area contributed by atoms with Crippen molar-refractivity contribution in [2.75, 3.05) is 6.61 Å². The fourth-order valence-corrected chi connectivity index (χ4v) is 18.7. The highest BCUT2D eigenvalue weighted by Gasteiger charge is 2.63. The predicted molar refractivity (Wildman–Crippen MR) is 158 cm³/mol. The number of H-pyrrole nitrogens is 1. The average Bonchev–Trinajstić information content (AvgIpc) is 3.00. The lowest BCUT2D eigenvalue weighted by Crippen LogP contribution is -2.56. The molecule has 0 bridgehead atoms. The molecule has 4 atom stereocenters. The number of hydrogen-bond acceptors (Lipinski definition) is 5. The maximum atomic E-state index is 16.8. The lowest BCUT2D eigenvalue weighted by Gasteiger charge is -2.46. The normalized spacial score (nSPS) is 25.2. The van der Waals surface area contributed by atoms with Gasteiger partial charge in [0.1, 0.15) is 12.2 Å². The standard InChI is InChI=1S/C27H50ClFN2O5Si2/c1-16(2)37(17(3)4,18(5)6)34-15-22-24(36-38(19(7)8,20(9)10)21(11)12)27(28,29)25(35-22)31-14-13-23(32)30-26(31)33/h13-14,16-22,24-25H,15H2,1-12H3,(H,30,32,33)/t22-,24-,25-,27-/m1/s1. The molecule has 220 valence electrons. The number of aromatic amines is 1. The van der Waals surface area contributed by atoms with E-state index in [2.05, 4.69) is 88.1 Å². The first kappa shape index (κ1) is 33.4. The molecule has 7 nitrogen and oxygen atoms in total. The van der Waals surface area contributed by atoms with Crippen molar-refractivity contribution >= 4 is 28.2 Å². The van der Waals surface area contributed by atoms with Gasteiger partial charge in [-0.1, -0.05) is 94.7 Å². The van der Waals surface area contributed by atoms with E-state index in [0.29, 0.717) is 16.6 Å². The molecular weight excluding hydrogens is 543 g/mol. The van der Waals surface area contributed by atoms with Gasteiger partial charge in [0.05, 0.1) is 6.61 Å². The monoisotopic (exact) mass is 592 g/mol. The number of hydrogen-bond donors (Lipinski definition) is 1. The molecule has 0 radical (unpaired) electrons. The van der Waals surface area contributed by atoms with Crippen molar-refractivity contribution in [3.63, 3.8) is 0 Å². The van der Waals surface area contributed by atoms with E-state index in [1.54, 1.807) is 0 Å². The second-order valence-electron chi connectivity index (χ2n) is 12.7. The van der Waals surface area contributed by atoms with Crippen LogP contribution in [-0.4, -0.2) is 50.1 Å². The van der Waals surface area contributed by atoms with Crippen LogP contribution in [0.25, 0.3) is 0 Å². The number of ether oxygens (including phenoxy) is 1. The first-order valence-electron chi connectivity index (χ1n) is 14.0. The third-order valence-corrected chi connectivity index (χ3v) is 21.3. The van der Waals surface area contributed by atoms with E-state index in [1.165, 1.54) is 6.20 Å². The van der Waals surface area contributed by atoms with E-state index in [4.69, 9.17) is 25.2 Å². The highest BCUT2D eigenvalue weighted by molar-refractivity contribution is 6.78. The summed E-state index contributed by atoms with van der Waals surface area (Å²) in [4.78, 5) is 26.5. The number of rotatable bonds is 12. The summed E-state index contributed by atoms with van der Waals surface area (Å²) in [5.41, 5.74) is 0.141. The van der Waals surface area contributed by atoms with Crippen molar-refractivity contribution in [3.8, 4) is 0 Å². The molecule has 1 aliphatic rings. The Balaban J connectivity index is 2.64. The van der Waals surface area contributed by atoms with Gasteiger partial charge in [-0.25, -0.2) is 9.18 Å². The topological polar surface area (TPSA) is 82.5 Å². The Morgan fingerprint density at radius 2 is 1.37 bits per heavy atom. The number of nitrogens with zero attached hydrogens (tertiary/aromatic N) is 1. The number of alkyl halides is 2. The van der Waals surface area contributed by atoms with Gasteiger partial charge in [-0.15, -0.1) is 0 Å². The fraction of sp³-hybridized carbons (Fsp3) is 0.852. The third-order valence-electron chi connectivity index (χ3n) is 8.70. The molecule has 1 N–H and O–H groups in total. The molecule has 0 aromatic carbocycles. The maximum Gasteiger partial charge on any atom is 0.330 e. The molecule has 1 saturated heterocycles. The van der Waals surface area contributed by atoms with E-state index in [-0.39, 0.29) is 23.2 Å². The third kappa shape index (κ3) is 5.95. The van der Waals surface area contributed by atoms with Gasteiger partial charge in [-0.05, 0) is 33.2 Å². The zero-order valence-corrected chi connectivity index (χ0v) is 28.1. The van der Waals surface area contributed by atoms with E-state index in [9.17, 15) is 9.59 Å². The van der Waals surface area contributed by atoms with Crippen molar-refractivity contribution in [1.82, 2.24) is 9.55 Å². The zero-order valence-electron chi connectivity index (χ0n) is 25.3. The van der Waals surface area contributed by atoms with Gasteiger partial charge in [0.15, 0.2) is 14.5 Å². The summed E-state index contributed by atoms with van der Waals surface area (Å²) in [6, 6.07) is 1.15. The second-order valence-corrected chi connectivity index (χ2v) is 24.1. The van der Waals surface area contributed by atoms with E-state index in [1.807, 2.05) is 0 Å². The molecule has 1 aromatic rings. The molecule has 0 amide bonds. The summed E-state index contributed by atoms with van der Waals surface area (Å²) in [5.74, 6) is 0. The zero-order chi connectivity index (χ0) is 29.4. The van der Waals surface area contributed by atoms with Crippen molar-refractivity contribution in [1.29, 1.82) is 0 Å². The summed E-state index contributed by atoms with van der Waals surface area (Å²) in [6.45, 7) is 26.0. The van der Waals surface area contributed by atoms with Gasteiger partial charge in [0, 0.05) is 12.3 Å². The summed E-state index contributed by atoms with van der Waals surface area (Å²) < 4.78 is 37.8. The number of halogens is 2. The molecule has 1 aromatic heterocycles. The average molecular weight is 593 g/mol. The summed E-state index contributed by atoms with van der Waals surface area (Å²) >= 11 is 6.71. The smallest absolute Gasteiger partial charge is 0.330 e. The Labute approximate surface area is 235 Å². The van der Waals surface area contributed by atoms with Crippen molar-refractivity contribution < 1.29 is 18.0 Å². The van der Waals surface area contributed by atoms with Crippen molar-refractivity contribution in [2.24, 2.45) is 0 Å². The molecular formula is C27H50ClFN2O5Si2. The van der Waals surface area contributed by atoms with Crippen LogP contribution >= 0.6 is 11.6 Å². The fourth-order valence-electron chi connectivity index (χ4n) is 7.21. The van der Waals surface area contributed by atoms with Crippen LogP contribution in [0.15, 0.2) is 21.9 Å². The Morgan fingerprint density at radius 3 is 1.76 bits per heavy atom. The van der Waals surface area contributed by atoms with E-state index in [0.717, 1.165) is 10.6 Å². The van der Waals surface area contributed by atoms with Crippen LogP contribution in [0.5, 0.6) is 0 Å². The van der Waals surface area contributed by atoms with Crippen LogP contribution in [0.1, 0.15) is 89.3 Å². The lowest BCUT2D eigenvalue weighted by molar-refractivity contribution is -0.0495. The molecule has 0 saturated carbocycles. The van der Waals surface area contributed by atoms with Gasteiger partial charge in [0.2, 0.25) is 8.32 Å². The van der Waals surface area contributed by atoms with Gasteiger partial charge in [-0.2, -0.15) is 0 Å². The molecule has 0 unspecified atom stereocenters. The first-order valence-corrected chi connectivity index (χ1v) is 18.7. The highest BCUT2D eigenvalue weighted by Crippen LogP contribution is 2.52. The van der Waals surface area contributed by atoms with Crippen LogP contribution < -0.4 is 11.2 Å². The van der Waals surface area contributed by atoms with Gasteiger partial charge >= 0.3 is 5.69 Å². The van der Waals surface area contributed by atoms with Crippen molar-refractivity contribution in [2.45, 2.75) is 140 Å². The minimum Gasteiger partial charge on any atom is -0.413 e. The molecule has 1 aliphatic heterocycles. The predicted octanol–water partition coefficient (Wildman–Crippen LogP) is 7.09.